The third-order valence-corrected chi connectivity index (χ3v) is 2.88. The summed E-state index contributed by atoms with van der Waals surface area (Å²) in [6.07, 6.45) is 0. The largest absolute Gasteiger partial charge is 0.423 e. The fourth-order valence-electron chi connectivity index (χ4n) is 1.73. The molecule has 2 aromatic rings. The number of hydrogen-bond acceptors (Lipinski definition) is 4. The molecule has 0 saturated heterocycles. The number of ketones is 1. The molecule has 0 saturated carbocycles. The standard InChI is InChI=1S/C17H15NO3/c1-11(2)17(20)21-13-9-7-12(8-10-13)16(19)14-5-3-4-6-15(14)18/h3-10H,1,18H2,2H3. The van der Waals surface area contributed by atoms with Gasteiger partial charge in [-0.05, 0) is 43.3 Å². The number of carbonyl (C=O) groups excluding carboxylic acids is 2. The van der Waals surface area contributed by atoms with Crippen LogP contribution in [-0.4, -0.2) is 11.8 Å². The second kappa shape index (κ2) is 6.05. The first-order valence-electron chi connectivity index (χ1n) is 6.36. The molecule has 0 amide bonds. The number of rotatable bonds is 4. The minimum absolute atomic E-state index is 0.175. The smallest absolute Gasteiger partial charge is 0.338 e. The van der Waals surface area contributed by atoms with Crippen LogP contribution in [0, 0.1) is 0 Å². The van der Waals surface area contributed by atoms with Gasteiger partial charge in [-0.1, -0.05) is 18.7 Å². The number of carbonyl (C=O) groups is 2. The van der Waals surface area contributed by atoms with Crippen LogP contribution in [0.2, 0.25) is 0 Å². The van der Waals surface area contributed by atoms with Crippen LogP contribution >= 0.6 is 0 Å². The molecule has 0 unspecified atom stereocenters. The lowest BCUT2D eigenvalue weighted by molar-refractivity contribution is -0.130. The Morgan fingerprint density at radius 2 is 1.67 bits per heavy atom. The summed E-state index contributed by atoms with van der Waals surface area (Å²) in [5.74, 6) is -0.312. The lowest BCUT2D eigenvalue weighted by Gasteiger charge is -2.06. The van der Waals surface area contributed by atoms with E-state index in [2.05, 4.69) is 6.58 Å². The van der Waals surface area contributed by atoms with Gasteiger partial charge in [0.1, 0.15) is 5.75 Å². The first-order chi connectivity index (χ1) is 9.99. The molecule has 2 N–H and O–H groups in total. The van der Waals surface area contributed by atoms with Crippen LogP contribution in [0.3, 0.4) is 0 Å². The summed E-state index contributed by atoms with van der Waals surface area (Å²) in [5, 5.41) is 0. The first kappa shape index (κ1) is 14.5. The molecule has 2 rings (SSSR count). The van der Waals surface area contributed by atoms with E-state index >= 15 is 0 Å². The summed E-state index contributed by atoms with van der Waals surface area (Å²) >= 11 is 0. The maximum atomic E-state index is 12.3. The van der Waals surface area contributed by atoms with Crippen LogP contribution in [0.25, 0.3) is 0 Å². The highest BCUT2D eigenvalue weighted by Gasteiger charge is 2.12. The molecular weight excluding hydrogens is 266 g/mol. The molecule has 0 atom stereocenters. The van der Waals surface area contributed by atoms with E-state index in [4.69, 9.17) is 10.5 Å². The van der Waals surface area contributed by atoms with Gasteiger partial charge in [0.15, 0.2) is 5.78 Å². The lowest BCUT2D eigenvalue weighted by atomic mass is 10.0. The van der Waals surface area contributed by atoms with Crippen molar-refractivity contribution in [2.75, 3.05) is 5.73 Å². The summed E-state index contributed by atoms with van der Waals surface area (Å²) < 4.78 is 5.07. The van der Waals surface area contributed by atoms with Gasteiger partial charge in [0.05, 0.1) is 0 Å². The van der Waals surface area contributed by atoms with Gasteiger partial charge in [-0.25, -0.2) is 4.79 Å². The summed E-state index contributed by atoms with van der Waals surface area (Å²) in [4.78, 5) is 23.7. The van der Waals surface area contributed by atoms with Gasteiger partial charge in [0.2, 0.25) is 0 Å². The van der Waals surface area contributed by atoms with E-state index in [1.807, 2.05) is 0 Å². The van der Waals surface area contributed by atoms with Gasteiger partial charge in [-0.15, -0.1) is 0 Å². The Morgan fingerprint density at radius 3 is 2.24 bits per heavy atom. The predicted octanol–water partition coefficient (Wildman–Crippen LogP) is 2.98. The summed E-state index contributed by atoms with van der Waals surface area (Å²) in [7, 11) is 0. The van der Waals surface area contributed by atoms with Crippen molar-refractivity contribution in [2.45, 2.75) is 6.92 Å². The molecule has 0 fully saturated rings. The van der Waals surface area contributed by atoms with E-state index in [1.165, 1.54) is 0 Å². The normalized spacial score (nSPS) is 9.95. The third kappa shape index (κ3) is 3.36. The number of para-hydroxylation sites is 1. The number of hydrogen-bond donors (Lipinski definition) is 1. The van der Waals surface area contributed by atoms with Crippen LogP contribution in [0.15, 0.2) is 60.7 Å². The molecule has 0 heterocycles. The molecule has 0 aliphatic carbocycles. The van der Waals surface area contributed by atoms with Crippen molar-refractivity contribution >= 4 is 17.4 Å². The number of nitrogen functional groups attached to an aromatic ring is 1. The van der Waals surface area contributed by atoms with Gasteiger partial charge >= 0.3 is 5.97 Å². The highest BCUT2D eigenvalue weighted by Crippen LogP contribution is 2.19. The van der Waals surface area contributed by atoms with Gasteiger partial charge in [0.25, 0.3) is 0 Å². The Kier molecular flexibility index (Phi) is 4.18. The average Bonchev–Trinajstić information content (AvgIpc) is 2.47. The second-order valence-electron chi connectivity index (χ2n) is 4.61. The van der Waals surface area contributed by atoms with Crippen LogP contribution in [0.5, 0.6) is 5.75 Å². The maximum absolute atomic E-state index is 12.3. The Morgan fingerprint density at radius 1 is 1.05 bits per heavy atom. The van der Waals surface area contributed by atoms with Crippen LogP contribution in [0.1, 0.15) is 22.8 Å². The average molecular weight is 281 g/mol. The number of ether oxygens (including phenoxy) is 1. The molecule has 0 spiro atoms. The second-order valence-corrected chi connectivity index (χ2v) is 4.61. The van der Waals surface area contributed by atoms with E-state index in [1.54, 1.807) is 55.5 Å². The molecule has 2 aromatic carbocycles. The Labute approximate surface area is 122 Å². The number of nitrogens with two attached hydrogens (primary N) is 1. The highest BCUT2D eigenvalue weighted by atomic mass is 16.5. The zero-order valence-electron chi connectivity index (χ0n) is 11.6. The number of benzene rings is 2. The quantitative estimate of drug-likeness (QED) is 0.307. The van der Waals surface area contributed by atoms with Gasteiger partial charge in [-0.2, -0.15) is 0 Å². The van der Waals surface area contributed by atoms with Gasteiger partial charge in [-0.3, -0.25) is 4.79 Å². The van der Waals surface area contributed by atoms with E-state index in [9.17, 15) is 9.59 Å². The van der Waals surface area contributed by atoms with E-state index in [-0.39, 0.29) is 5.78 Å². The molecule has 0 bridgehead atoms. The summed E-state index contributed by atoms with van der Waals surface area (Å²) in [6.45, 7) is 5.07. The monoisotopic (exact) mass is 281 g/mol. The van der Waals surface area contributed by atoms with Crippen molar-refractivity contribution in [2.24, 2.45) is 0 Å². The molecule has 0 aliphatic heterocycles. The minimum atomic E-state index is -0.499. The molecule has 0 radical (unpaired) electrons. The van der Waals surface area contributed by atoms with Crippen molar-refractivity contribution in [3.8, 4) is 5.75 Å². The zero-order chi connectivity index (χ0) is 15.4. The fraction of sp³-hybridized carbons (Fsp3) is 0.0588. The maximum Gasteiger partial charge on any atom is 0.338 e. The lowest BCUT2D eigenvalue weighted by Crippen LogP contribution is -2.09. The molecular formula is C17H15NO3. The Bertz CT molecular complexity index is 702. The minimum Gasteiger partial charge on any atom is -0.423 e. The van der Waals surface area contributed by atoms with Crippen molar-refractivity contribution in [1.29, 1.82) is 0 Å². The molecule has 0 aromatic heterocycles. The molecule has 4 heteroatoms. The predicted molar refractivity (Wildman–Crippen MR) is 81.2 cm³/mol. The first-order valence-corrected chi connectivity index (χ1v) is 6.36. The molecule has 4 nitrogen and oxygen atoms in total. The van der Waals surface area contributed by atoms with Crippen molar-refractivity contribution in [3.05, 3.63) is 71.8 Å². The summed E-state index contributed by atoms with van der Waals surface area (Å²) in [6, 6.07) is 13.2. The topological polar surface area (TPSA) is 69.4 Å². The molecule has 21 heavy (non-hydrogen) atoms. The number of esters is 1. The fourth-order valence-corrected chi connectivity index (χ4v) is 1.73. The summed E-state index contributed by atoms with van der Waals surface area (Å²) in [5.41, 5.74) is 7.45. The third-order valence-electron chi connectivity index (χ3n) is 2.88. The SMILES string of the molecule is C=C(C)C(=O)Oc1ccc(C(=O)c2ccccc2N)cc1. The Balaban J connectivity index is 2.19. The molecule has 0 aliphatic rings. The van der Waals surface area contributed by atoms with Crippen LogP contribution in [0.4, 0.5) is 5.69 Å². The highest BCUT2D eigenvalue weighted by molar-refractivity contribution is 6.12. The van der Waals surface area contributed by atoms with Crippen molar-refractivity contribution in [3.63, 3.8) is 0 Å². The van der Waals surface area contributed by atoms with Crippen molar-refractivity contribution in [1.82, 2.24) is 0 Å². The molecule has 106 valence electrons. The van der Waals surface area contributed by atoms with Crippen LogP contribution in [-0.2, 0) is 4.79 Å². The zero-order valence-corrected chi connectivity index (χ0v) is 11.6. The van der Waals surface area contributed by atoms with Gasteiger partial charge in [0, 0.05) is 22.4 Å². The van der Waals surface area contributed by atoms with E-state index in [0.29, 0.717) is 28.1 Å². The van der Waals surface area contributed by atoms with Crippen LogP contribution < -0.4 is 10.5 Å². The Hall–Kier alpha value is -2.88. The van der Waals surface area contributed by atoms with Crippen molar-refractivity contribution < 1.29 is 14.3 Å². The number of anilines is 1. The van der Waals surface area contributed by atoms with E-state index in [0.717, 1.165) is 0 Å². The van der Waals surface area contributed by atoms with Gasteiger partial charge < -0.3 is 10.5 Å². The van der Waals surface area contributed by atoms with E-state index < -0.39 is 5.97 Å².